The van der Waals surface area contributed by atoms with Gasteiger partial charge in [-0.3, -0.25) is 9.59 Å². The maximum atomic E-state index is 12.4. The van der Waals surface area contributed by atoms with E-state index in [4.69, 9.17) is 23.2 Å². The van der Waals surface area contributed by atoms with E-state index in [2.05, 4.69) is 32.4 Å². The molecule has 8 nitrogen and oxygen atoms in total. The Bertz CT molecular complexity index is 1060. The molecule has 0 aliphatic rings. The molecule has 0 spiro atoms. The fourth-order valence-corrected chi connectivity index (χ4v) is 3.95. The van der Waals surface area contributed by atoms with Crippen LogP contribution in [0.4, 0.5) is 5.13 Å². The molecule has 3 aromatic rings. The number of hydrogen-bond donors (Lipinski definition) is 2. The number of halogens is 2. The molecule has 3 rings (SSSR count). The van der Waals surface area contributed by atoms with E-state index in [-0.39, 0.29) is 24.1 Å². The number of amides is 2. The lowest BCUT2D eigenvalue weighted by Gasteiger charge is -2.09. The van der Waals surface area contributed by atoms with E-state index in [0.717, 1.165) is 0 Å². The minimum absolute atomic E-state index is 0.143. The summed E-state index contributed by atoms with van der Waals surface area (Å²) in [5, 5.41) is 17.3. The summed E-state index contributed by atoms with van der Waals surface area (Å²) in [5.41, 5.74) is 0.382. The monoisotopic (exact) mass is 482 g/mol. The number of benzene rings is 1. The van der Waals surface area contributed by atoms with Crippen LogP contribution in [0.3, 0.4) is 0 Å². The van der Waals surface area contributed by atoms with Crippen LogP contribution < -0.4 is 10.6 Å². The number of carbonyl (C=O) groups is 2. The van der Waals surface area contributed by atoms with Crippen molar-refractivity contribution in [3.63, 3.8) is 0 Å². The second-order valence-corrected chi connectivity index (χ2v) is 8.44. The lowest BCUT2D eigenvalue weighted by Crippen LogP contribution is -2.25. The Hall–Kier alpha value is -2.40. The molecule has 2 N–H and O–H groups in total. The largest absolute Gasteiger partial charge is 0.345 e. The van der Waals surface area contributed by atoms with E-state index < -0.39 is 0 Å². The summed E-state index contributed by atoms with van der Waals surface area (Å²) in [6.45, 7) is 4.31. The molecular weight excluding hydrogens is 467 g/mol. The predicted octanol–water partition coefficient (Wildman–Crippen LogP) is 3.89. The molecule has 2 heterocycles. The average molecular weight is 483 g/mol. The summed E-state index contributed by atoms with van der Waals surface area (Å²) in [6, 6.07) is 4.64. The third-order valence-electron chi connectivity index (χ3n) is 3.71. The van der Waals surface area contributed by atoms with Crippen LogP contribution in [-0.2, 0) is 17.9 Å². The zero-order valence-corrected chi connectivity index (χ0v) is 18.6. The summed E-state index contributed by atoms with van der Waals surface area (Å²) >= 11 is 14.4. The average Bonchev–Trinajstić information content (AvgIpc) is 3.37. The number of allylic oxidation sites excluding steroid dienone is 1. The number of thiazole rings is 1. The van der Waals surface area contributed by atoms with Crippen molar-refractivity contribution in [3.8, 4) is 0 Å². The minimum atomic E-state index is -0.321. The van der Waals surface area contributed by atoms with Gasteiger partial charge in [0.25, 0.3) is 5.91 Å². The van der Waals surface area contributed by atoms with Crippen LogP contribution in [0.2, 0.25) is 10.0 Å². The van der Waals surface area contributed by atoms with E-state index in [1.165, 1.54) is 29.2 Å². The SMILES string of the molecule is C=CCn1c(CNC(=O)c2ccc(Cl)c(Cl)c2)nnc1SCC(=O)Nc1nccs1. The summed E-state index contributed by atoms with van der Waals surface area (Å²) in [5.74, 6) is 0.160. The molecule has 0 aliphatic carbocycles. The Balaban J connectivity index is 1.61. The van der Waals surface area contributed by atoms with Gasteiger partial charge in [-0.25, -0.2) is 4.98 Å². The van der Waals surface area contributed by atoms with E-state index in [0.29, 0.717) is 38.3 Å². The van der Waals surface area contributed by atoms with Crippen LogP contribution in [-0.4, -0.2) is 37.3 Å². The Labute approximate surface area is 190 Å². The standard InChI is InChI=1S/C18H16Cl2N6O2S2/c1-2-6-26-14(9-22-16(28)11-3-4-12(19)13(20)8-11)24-25-18(26)30-10-15(27)23-17-21-5-7-29-17/h2-5,7-8H,1,6,9-10H2,(H,22,28)(H,21,23,27). The summed E-state index contributed by atoms with van der Waals surface area (Å²) in [7, 11) is 0. The van der Waals surface area contributed by atoms with Gasteiger partial charge in [-0.2, -0.15) is 0 Å². The van der Waals surface area contributed by atoms with Crippen molar-refractivity contribution in [3.05, 3.63) is 63.9 Å². The molecule has 0 atom stereocenters. The van der Waals surface area contributed by atoms with E-state index in [1.54, 1.807) is 34.4 Å². The molecule has 30 heavy (non-hydrogen) atoms. The first-order valence-corrected chi connectivity index (χ1v) is 11.2. The highest BCUT2D eigenvalue weighted by atomic mass is 35.5. The first-order chi connectivity index (χ1) is 14.5. The van der Waals surface area contributed by atoms with Crippen molar-refractivity contribution in [1.82, 2.24) is 25.1 Å². The number of nitrogens with zero attached hydrogens (tertiary/aromatic N) is 4. The van der Waals surface area contributed by atoms with Crippen molar-refractivity contribution in [1.29, 1.82) is 0 Å². The van der Waals surface area contributed by atoms with Gasteiger partial charge in [-0.15, -0.1) is 28.1 Å². The molecule has 0 unspecified atom stereocenters. The summed E-state index contributed by atoms with van der Waals surface area (Å²) in [6.07, 6.45) is 3.31. The molecule has 156 valence electrons. The first-order valence-electron chi connectivity index (χ1n) is 8.56. The molecule has 2 aromatic heterocycles. The zero-order valence-electron chi connectivity index (χ0n) is 15.5. The molecule has 0 fully saturated rings. The van der Waals surface area contributed by atoms with E-state index >= 15 is 0 Å². The lowest BCUT2D eigenvalue weighted by atomic mass is 10.2. The van der Waals surface area contributed by atoms with Crippen LogP contribution in [0.15, 0.2) is 47.6 Å². The fourth-order valence-electron chi connectivity index (χ4n) is 2.34. The van der Waals surface area contributed by atoms with Gasteiger partial charge >= 0.3 is 0 Å². The number of carbonyl (C=O) groups excluding carboxylic acids is 2. The highest BCUT2D eigenvalue weighted by molar-refractivity contribution is 7.99. The smallest absolute Gasteiger partial charge is 0.251 e. The van der Waals surface area contributed by atoms with Crippen LogP contribution >= 0.6 is 46.3 Å². The topological polar surface area (TPSA) is 102 Å². The maximum absolute atomic E-state index is 12.4. The number of anilines is 1. The Morgan fingerprint density at radius 2 is 2.10 bits per heavy atom. The Morgan fingerprint density at radius 1 is 1.27 bits per heavy atom. The van der Waals surface area contributed by atoms with Gasteiger partial charge in [0.15, 0.2) is 16.1 Å². The summed E-state index contributed by atoms with van der Waals surface area (Å²) in [4.78, 5) is 28.4. The molecular formula is C18H16Cl2N6O2S2. The second kappa shape index (κ2) is 10.6. The van der Waals surface area contributed by atoms with Gasteiger partial charge in [0, 0.05) is 23.7 Å². The van der Waals surface area contributed by atoms with Gasteiger partial charge in [0.2, 0.25) is 5.91 Å². The van der Waals surface area contributed by atoms with Crippen LogP contribution in [0.1, 0.15) is 16.2 Å². The number of thioether (sulfide) groups is 1. The highest BCUT2D eigenvalue weighted by Gasteiger charge is 2.15. The Morgan fingerprint density at radius 3 is 2.80 bits per heavy atom. The third-order valence-corrected chi connectivity index (χ3v) is 6.10. The van der Waals surface area contributed by atoms with Gasteiger partial charge in [-0.05, 0) is 18.2 Å². The molecule has 0 radical (unpaired) electrons. The van der Waals surface area contributed by atoms with Gasteiger partial charge in [-0.1, -0.05) is 41.0 Å². The fraction of sp³-hybridized carbons (Fsp3) is 0.167. The Kier molecular flexibility index (Phi) is 7.86. The number of nitrogens with one attached hydrogen (secondary N) is 2. The van der Waals surface area contributed by atoms with Gasteiger partial charge < -0.3 is 15.2 Å². The van der Waals surface area contributed by atoms with Crippen molar-refractivity contribution in [2.24, 2.45) is 0 Å². The van der Waals surface area contributed by atoms with Crippen molar-refractivity contribution < 1.29 is 9.59 Å². The number of rotatable bonds is 9. The molecule has 2 amide bonds. The quantitative estimate of drug-likeness (QED) is 0.354. The maximum Gasteiger partial charge on any atom is 0.251 e. The lowest BCUT2D eigenvalue weighted by molar-refractivity contribution is -0.113. The van der Waals surface area contributed by atoms with E-state index in [1.807, 2.05) is 0 Å². The zero-order chi connectivity index (χ0) is 21.5. The van der Waals surface area contributed by atoms with Crippen molar-refractivity contribution in [2.45, 2.75) is 18.2 Å². The normalized spacial score (nSPS) is 10.6. The molecule has 12 heteroatoms. The minimum Gasteiger partial charge on any atom is -0.345 e. The molecule has 0 saturated carbocycles. The van der Waals surface area contributed by atoms with Gasteiger partial charge in [0.1, 0.15) is 0 Å². The van der Waals surface area contributed by atoms with Crippen LogP contribution in [0.25, 0.3) is 0 Å². The number of aromatic nitrogens is 4. The molecule has 0 aliphatic heterocycles. The van der Waals surface area contributed by atoms with Crippen LogP contribution in [0, 0.1) is 0 Å². The molecule has 1 aromatic carbocycles. The third kappa shape index (κ3) is 5.82. The molecule has 0 saturated heterocycles. The highest BCUT2D eigenvalue weighted by Crippen LogP contribution is 2.23. The second-order valence-electron chi connectivity index (χ2n) is 5.78. The van der Waals surface area contributed by atoms with Crippen LogP contribution in [0.5, 0.6) is 0 Å². The molecule has 0 bridgehead atoms. The first kappa shape index (κ1) is 22.3. The predicted molar refractivity (Wildman–Crippen MR) is 119 cm³/mol. The van der Waals surface area contributed by atoms with Crippen molar-refractivity contribution >= 4 is 63.2 Å². The van der Waals surface area contributed by atoms with Gasteiger partial charge in [0.05, 0.1) is 22.3 Å². The van der Waals surface area contributed by atoms with E-state index in [9.17, 15) is 9.59 Å². The summed E-state index contributed by atoms with van der Waals surface area (Å²) < 4.78 is 1.78. The number of hydrogen-bond acceptors (Lipinski definition) is 7. The van der Waals surface area contributed by atoms with Crippen molar-refractivity contribution in [2.75, 3.05) is 11.1 Å².